The van der Waals surface area contributed by atoms with E-state index in [1.165, 1.54) is 6.20 Å². The van der Waals surface area contributed by atoms with Gasteiger partial charge in [-0.05, 0) is 0 Å². The van der Waals surface area contributed by atoms with Crippen LogP contribution in [0, 0.1) is 0 Å². The van der Waals surface area contributed by atoms with E-state index >= 15 is 0 Å². The number of hydrogen-bond donors (Lipinski definition) is 0. The smallest absolute Gasteiger partial charge is 0.225 e. The molecule has 1 fully saturated rings. The molecule has 0 atom stereocenters. The summed E-state index contributed by atoms with van der Waals surface area (Å²) in [5, 5.41) is 0. The predicted octanol–water partition coefficient (Wildman–Crippen LogP) is -0.357. The van der Waals surface area contributed by atoms with Gasteiger partial charge in [0.25, 0.3) is 0 Å². The van der Waals surface area contributed by atoms with Gasteiger partial charge >= 0.3 is 0 Å². The first-order valence-electron chi connectivity index (χ1n) is 5.58. The fourth-order valence-corrected chi connectivity index (χ4v) is 3.49. The molecule has 2 aliphatic rings. The number of morpholine rings is 1. The molecule has 3 rings (SSSR count). The monoisotopic (exact) mass is 255 g/mol. The van der Waals surface area contributed by atoms with Crippen molar-refractivity contribution in [3.63, 3.8) is 0 Å². The molecule has 0 aliphatic carbocycles. The Bertz CT molecular complexity index is 538. The highest BCUT2D eigenvalue weighted by Gasteiger charge is 2.29. The minimum Gasteiger partial charge on any atom is -0.378 e. The molecular formula is C10H13N3O3S. The molecule has 6 nitrogen and oxygen atoms in total. The SMILES string of the molecule is O=S1(=O)CCc2nc(N3CCOCC3)ncc21. The normalized spacial score (nSPS) is 22.5. The molecule has 1 aromatic rings. The van der Waals surface area contributed by atoms with E-state index in [2.05, 4.69) is 9.97 Å². The first-order chi connectivity index (χ1) is 8.17. The van der Waals surface area contributed by atoms with Crippen molar-refractivity contribution in [3.8, 4) is 0 Å². The van der Waals surface area contributed by atoms with Crippen molar-refractivity contribution in [1.29, 1.82) is 0 Å². The molecule has 1 aromatic heterocycles. The molecule has 0 saturated carbocycles. The van der Waals surface area contributed by atoms with Gasteiger partial charge in [-0.3, -0.25) is 0 Å². The Hall–Kier alpha value is -1.21. The van der Waals surface area contributed by atoms with Gasteiger partial charge < -0.3 is 9.64 Å². The molecule has 3 heterocycles. The molecule has 1 saturated heterocycles. The second-order valence-electron chi connectivity index (χ2n) is 4.15. The lowest BCUT2D eigenvalue weighted by atomic mass is 10.3. The summed E-state index contributed by atoms with van der Waals surface area (Å²) < 4.78 is 28.5. The summed E-state index contributed by atoms with van der Waals surface area (Å²) in [7, 11) is -3.12. The third kappa shape index (κ3) is 1.89. The number of rotatable bonds is 1. The van der Waals surface area contributed by atoms with Crippen molar-refractivity contribution in [2.24, 2.45) is 0 Å². The molecule has 0 amide bonds. The number of hydrogen-bond acceptors (Lipinski definition) is 6. The minimum atomic E-state index is -3.12. The van der Waals surface area contributed by atoms with Crippen molar-refractivity contribution in [3.05, 3.63) is 11.9 Å². The zero-order valence-corrected chi connectivity index (χ0v) is 10.1. The van der Waals surface area contributed by atoms with Crippen molar-refractivity contribution >= 4 is 15.8 Å². The number of ether oxygens (including phenoxy) is 1. The maximum atomic E-state index is 11.6. The second kappa shape index (κ2) is 3.92. The van der Waals surface area contributed by atoms with Crippen LogP contribution in [0.1, 0.15) is 5.69 Å². The van der Waals surface area contributed by atoms with Gasteiger partial charge in [-0.1, -0.05) is 0 Å². The summed E-state index contributed by atoms with van der Waals surface area (Å²) in [6.45, 7) is 2.84. The van der Waals surface area contributed by atoms with Gasteiger partial charge in [0.05, 0.1) is 30.9 Å². The van der Waals surface area contributed by atoms with Crippen molar-refractivity contribution in [2.75, 3.05) is 37.0 Å². The van der Waals surface area contributed by atoms with Crippen LogP contribution in [-0.2, 0) is 21.0 Å². The van der Waals surface area contributed by atoms with E-state index in [0.717, 1.165) is 13.1 Å². The van der Waals surface area contributed by atoms with Crippen LogP contribution in [0.15, 0.2) is 11.1 Å². The van der Waals surface area contributed by atoms with E-state index in [0.29, 0.717) is 36.2 Å². The number of nitrogens with zero attached hydrogens (tertiary/aromatic N) is 3. The van der Waals surface area contributed by atoms with Crippen LogP contribution >= 0.6 is 0 Å². The summed E-state index contributed by atoms with van der Waals surface area (Å²) in [6, 6.07) is 0. The Morgan fingerprint density at radius 3 is 2.82 bits per heavy atom. The lowest BCUT2D eigenvalue weighted by Crippen LogP contribution is -2.37. The summed E-state index contributed by atoms with van der Waals surface area (Å²) in [6.07, 6.45) is 1.94. The molecule has 0 N–H and O–H groups in total. The molecule has 17 heavy (non-hydrogen) atoms. The Morgan fingerprint density at radius 1 is 1.29 bits per heavy atom. The van der Waals surface area contributed by atoms with E-state index in [1.54, 1.807) is 0 Å². The van der Waals surface area contributed by atoms with E-state index in [1.807, 2.05) is 4.90 Å². The lowest BCUT2D eigenvalue weighted by molar-refractivity contribution is 0.122. The molecule has 2 aliphatic heterocycles. The highest BCUT2D eigenvalue weighted by Crippen LogP contribution is 2.25. The molecule has 0 radical (unpaired) electrons. The number of anilines is 1. The average molecular weight is 255 g/mol. The Labute approximate surface area is 99.5 Å². The fourth-order valence-electron chi connectivity index (χ4n) is 2.09. The number of aryl methyl sites for hydroxylation is 1. The third-order valence-corrected chi connectivity index (χ3v) is 4.81. The molecule has 0 aromatic carbocycles. The van der Waals surface area contributed by atoms with Crippen LogP contribution in [0.4, 0.5) is 5.95 Å². The maximum absolute atomic E-state index is 11.6. The van der Waals surface area contributed by atoms with Crippen molar-refractivity contribution in [2.45, 2.75) is 11.3 Å². The number of aromatic nitrogens is 2. The van der Waals surface area contributed by atoms with Crippen LogP contribution in [0.5, 0.6) is 0 Å². The summed E-state index contributed by atoms with van der Waals surface area (Å²) >= 11 is 0. The van der Waals surface area contributed by atoms with Gasteiger partial charge in [-0.2, -0.15) is 0 Å². The minimum absolute atomic E-state index is 0.156. The third-order valence-electron chi connectivity index (χ3n) is 3.05. The lowest BCUT2D eigenvalue weighted by Gasteiger charge is -2.26. The highest BCUT2D eigenvalue weighted by atomic mass is 32.2. The van der Waals surface area contributed by atoms with Crippen molar-refractivity contribution in [1.82, 2.24) is 9.97 Å². The molecule has 0 spiro atoms. The largest absolute Gasteiger partial charge is 0.378 e. The standard InChI is InChI=1S/C10H13N3O3S/c14-17(15)6-1-8-9(17)7-11-10(12-8)13-2-4-16-5-3-13/h7H,1-6H2. The molecule has 92 valence electrons. The van der Waals surface area contributed by atoms with Crippen LogP contribution in [0.3, 0.4) is 0 Å². The quantitative estimate of drug-likeness (QED) is 0.682. The average Bonchev–Trinajstić information content (AvgIpc) is 2.66. The Kier molecular flexibility index (Phi) is 2.52. The number of sulfone groups is 1. The van der Waals surface area contributed by atoms with Gasteiger partial charge in [-0.15, -0.1) is 0 Å². The van der Waals surface area contributed by atoms with Crippen LogP contribution in [0.25, 0.3) is 0 Å². The zero-order valence-electron chi connectivity index (χ0n) is 9.29. The molecular weight excluding hydrogens is 242 g/mol. The number of fused-ring (bicyclic) bond motifs is 1. The zero-order chi connectivity index (χ0) is 11.9. The van der Waals surface area contributed by atoms with Gasteiger partial charge in [0.2, 0.25) is 5.95 Å². The topological polar surface area (TPSA) is 72.4 Å². The summed E-state index contributed by atoms with van der Waals surface area (Å²) in [4.78, 5) is 10.8. The first kappa shape index (κ1) is 10.9. The van der Waals surface area contributed by atoms with E-state index < -0.39 is 9.84 Å². The predicted molar refractivity (Wildman–Crippen MR) is 60.8 cm³/mol. The Morgan fingerprint density at radius 2 is 2.06 bits per heavy atom. The van der Waals surface area contributed by atoms with E-state index in [9.17, 15) is 8.42 Å². The fraction of sp³-hybridized carbons (Fsp3) is 0.600. The van der Waals surface area contributed by atoms with E-state index in [4.69, 9.17) is 4.74 Å². The first-order valence-corrected chi connectivity index (χ1v) is 7.23. The van der Waals surface area contributed by atoms with Gasteiger partial charge in [-0.25, -0.2) is 18.4 Å². The van der Waals surface area contributed by atoms with Crippen LogP contribution in [0.2, 0.25) is 0 Å². The van der Waals surface area contributed by atoms with Crippen LogP contribution in [-0.4, -0.2) is 50.4 Å². The molecule has 0 bridgehead atoms. The molecule has 0 unspecified atom stereocenters. The van der Waals surface area contributed by atoms with Crippen molar-refractivity contribution < 1.29 is 13.2 Å². The van der Waals surface area contributed by atoms with Gasteiger partial charge in [0, 0.05) is 19.5 Å². The van der Waals surface area contributed by atoms with Gasteiger partial charge in [0.1, 0.15) is 4.90 Å². The summed E-state index contributed by atoms with van der Waals surface area (Å²) in [5.41, 5.74) is 0.654. The Balaban J connectivity index is 1.94. The van der Waals surface area contributed by atoms with E-state index in [-0.39, 0.29) is 5.75 Å². The second-order valence-corrected chi connectivity index (χ2v) is 6.23. The highest BCUT2D eigenvalue weighted by molar-refractivity contribution is 7.91. The summed E-state index contributed by atoms with van der Waals surface area (Å²) in [5.74, 6) is 0.771. The van der Waals surface area contributed by atoms with Crippen LogP contribution < -0.4 is 4.90 Å². The maximum Gasteiger partial charge on any atom is 0.225 e. The van der Waals surface area contributed by atoms with Gasteiger partial charge in [0.15, 0.2) is 9.84 Å². The molecule has 7 heteroatoms.